The van der Waals surface area contributed by atoms with Gasteiger partial charge in [-0.2, -0.15) is 13.2 Å². The number of rotatable bonds is 13. The van der Waals surface area contributed by atoms with Crippen LogP contribution in [-0.2, 0) is 6.18 Å². The van der Waals surface area contributed by atoms with Gasteiger partial charge < -0.3 is 25.4 Å². The van der Waals surface area contributed by atoms with Crippen LogP contribution >= 0.6 is 0 Å². The van der Waals surface area contributed by atoms with Crippen molar-refractivity contribution in [3.05, 3.63) is 47.3 Å². The number of nitrogens with one attached hydrogen (secondary N) is 1. The molecular formula is C31H42F3N5O2. The van der Waals surface area contributed by atoms with Crippen LogP contribution < -0.4 is 20.5 Å². The lowest BCUT2D eigenvalue weighted by Crippen LogP contribution is -2.30. The van der Waals surface area contributed by atoms with Gasteiger partial charge in [-0.05, 0) is 89.0 Å². The molecule has 2 heterocycles. The van der Waals surface area contributed by atoms with Gasteiger partial charge in [0.05, 0.1) is 30.8 Å². The lowest BCUT2D eigenvalue weighted by molar-refractivity contribution is -0.137. The number of ether oxygens (including phenoxy) is 2. The molecule has 1 aliphatic rings. The largest absolute Gasteiger partial charge is 0.493 e. The molecule has 0 saturated carbocycles. The number of piperidine rings is 1. The van der Waals surface area contributed by atoms with E-state index in [-0.39, 0.29) is 5.69 Å². The maximum Gasteiger partial charge on any atom is 0.416 e. The second-order valence-electron chi connectivity index (χ2n) is 10.9. The average Bonchev–Trinajstić information content (AvgIpc) is 2.93. The molecular weight excluding hydrogens is 531 g/mol. The fraction of sp³-hybridized carbons (Fsp3) is 0.548. The number of hydrogen-bond donors (Lipinski definition) is 2. The molecule has 0 aliphatic carbocycles. The van der Waals surface area contributed by atoms with E-state index in [0.29, 0.717) is 46.2 Å². The highest BCUT2D eigenvalue weighted by Crippen LogP contribution is 2.37. The van der Waals surface area contributed by atoms with Gasteiger partial charge in [0.1, 0.15) is 11.6 Å². The van der Waals surface area contributed by atoms with Crippen LogP contribution in [0.25, 0.3) is 10.9 Å². The highest BCUT2D eigenvalue weighted by molar-refractivity contribution is 5.92. The molecule has 3 N–H and O–H groups in total. The molecule has 10 heteroatoms. The zero-order valence-corrected chi connectivity index (χ0v) is 24.3. The lowest BCUT2D eigenvalue weighted by atomic mass is 10.0. The first-order valence-corrected chi connectivity index (χ1v) is 14.6. The van der Waals surface area contributed by atoms with E-state index in [1.54, 1.807) is 27.0 Å². The third kappa shape index (κ3) is 8.61. The van der Waals surface area contributed by atoms with Gasteiger partial charge in [0.25, 0.3) is 0 Å². The van der Waals surface area contributed by atoms with Crippen molar-refractivity contribution in [1.29, 1.82) is 0 Å². The topological polar surface area (TPSA) is 85.5 Å². The number of likely N-dealkylation sites (tertiary alicyclic amines) is 1. The van der Waals surface area contributed by atoms with Gasteiger partial charge in [0.2, 0.25) is 0 Å². The molecule has 2 aromatic carbocycles. The Balaban J connectivity index is 1.39. The Morgan fingerprint density at radius 2 is 1.68 bits per heavy atom. The highest BCUT2D eigenvalue weighted by atomic mass is 19.4. The molecule has 4 rings (SSSR count). The van der Waals surface area contributed by atoms with Crippen LogP contribution in [0, 0.1) is 6.92 Å². The van der Waals surface area contributed by atoms with Gasteiger partial charge in [-0.25, -0.2) is 9.97 Å². The molecule has 1 fully saturated rings. The first-order chi connectivity index (χ1) is 19.6. The smallest absolute Gasteiger partial charge is 0.416 e. The van der Waals surface area contributed by atoms with Crippen molar-refractivity contribution in [1.82, 2.24) is 14.9 Å². The van der Waals surface area contributed by atoms with E-state index in [9.17, 15) is 13.2 Å². The molecule has 7 nitrogen and oxygen atoms in total. The van der Waals surface area contributed by atoms with E-state index in [4.69, 9.17) is 15.2 Å². The summed E-state index contributed by atoms with van der Waals surface area (Å²) in [6.07, 6.45) is 5.26. The van der Waals surface area contributed by atoms with Crippen LogP contribution in [0.1, 0.15) is 81.3 Å². The normalized spacial score (nSPS) is 15.2. The Morgan fingerprint density at radius 1 is 0.951 bits per heavy atom. The summed E-state index contributed by atoms with van der Waals surface area (Å²) in [5.74, 6) is 2.17. The molecule has 1 unspecified atom stereocenters. The minimum absolute atomic E-state index is 0.0506. The van der Waals surface area contributed by atoms with Crippen LogP contribution in [0.4, 0.5) is 24.7 Å². The quantitative estimate of drug-likeness (QED) is 0.161. The fourth-order valence-corrected chi connectivity index (χ4v) is 5.35. The van der Waals surface area contributed by atoms with E-state index in [0.717, 1.165) is 25.0 Å². The number of benzene rings is 2. The molecule has 1 aromatic heterocycles. The van der Waals surface area contributed by atoms with Gasteiger partial charge in [0.15, 0.2) is 11.5 Å². The summed E-state index contributed by atoms with van der Waals surface area (Å²) in [5, 5.41) is 3.95. The number of alkyl halides is 3. The van der Waals surface area contributed by atoms with E-state index in [2.05, 4.69) is 20.2 Å². The van der Waals surface area contributed by atoms with Gasteiger partial charge in [0, 0.05) is 17.1 Å². The van der Waals surface area contributed by atoms with Crippen LogP contribution in [-0.4, -0.2) is 48.2 Å². The SMILES string of the molecule is COc1cc2nc(C)nc(NC(C)c3cc(N)cc(C(F)(F)F)c3)c2cc1OCCCCCCCN1CCCCC1. The number of halogens is 3. The van der Waals surface area contributed by atoms with E-state index in [1.165, 1.54) is 64.2 Å². The molecule has 1 aliphatic heterocycles. The van der Waals surface area contributed by atoms with Crippen LogP contribution in [0.3, 0.4) is 0 Å². The lowest BCUT2D eigenvalue weighted by Gasteiger charge is -2.26. The minimum atomic E-state index is -4.49. The number of nitrogen functional groups attached to an aromatic ring is 1. The van der Waals surface area contributed by atoms with E-state index < -0.39 is 17.8 Å². The highest BCUT2D eigenvalue weighted by Gasteiger charge is 2.31. The number of nitrogens with zero attached hydrogens (tertiary/aromatic N) is 3. The number of anilines is 2. The zero-order chi connectivity index (χ0) is 29.4. The van der Waals surface area contributed by atoms with Crippen molar-refractivity contribution in [3.63, 3.8) is 0 Å². The number of unbranched alkanes of at least 4 members (excludes halogenated alkanes) is 4. The van der Waals surface area contributed by atoms with Crippen molar-refractivity contribution in [2.75, 3.05) is 44.4 Å². The second kappa shape index (κ2) is 14.1. The van der Waals surface area contributed by atoms with Crippen LogP contribution in [0.5, 0.6) is 11.5 Å². The van der Waals surface area contributed by atoms with Crippen molar-refractivity contribution in [2.24, 2.45) is 0 Å². The number of nitrogens with two attached hydrogens (primary N) is 1. The zero-order valence-electron chi connectivity index (χ0n) is 24.3. The molecule has 1 atom stereocenters. The van der Waals surface area contributed by atoms with Gasteiger partial charge in [-0.1, -0.05) is 25.7 Å². The summed E-state index contributed by atoms with van der Waals surface area (Å²) in [7, 11) is 1.59. The Hall–Kier alpha value is -3.27. The fourth-order valence-electron chi connectivity index (χ4n) is 5.35. The summed E-state index contributed by atoms with van der Waals surface area (Å²) in [4.78, 5) is 11.7. The second-order valence-corrected chi connectivity index (χ2v) is 10.9. The molecule has 1 saturated heterocycles. The van der Waals surface area contributed by atoms with Crippen molar-refractivity contribution in [2.45, 2.75) is 77.4 Å². The number of aromatic nitrogens is 2. The number of hydrogen-bond acceptors (Lipinski definition) is 7. The minimum Gasteiger partial charge on any atom is -0.493 e. The Bertz CT molecular complexity index is 1290. The maximum atomic E-state index is 13.4. The van der Waals surface area contributed by atoms with Crippen LogP contribution in [0.2, 0.25) is 0 Å². The number of fused-ring (bicyclic) bond motifs is 1. The third-order valence-electron chi connectivity index (χ3n) is 7.58. The Labute approximate surface area is 240 Å². The molecule has 0 spiro atoms. The first kappa shape index (κ1) is 30.7. The number of aryl methyl sites for hydroxylation is 1. The molecule has 41 heavy (non-hydrogen) atoms. The van der Waals surface area contributed by atoms with Crippen molar-refractivity contribution >= 4 is 22.4 Å². The molecule has 0 amide bonds. The summed E-state index contributed by atoms with van der Waals surface area (Å²) in [6, 6.07) is 6.72. The maximum absolute atomic E-state index is 13.4. The molecule has 224 valence electrons. The van der Waals surface area contributed by atoms with Gasteiger partial charge in [-0.15, -0.1) is 0 Å². The van der Waals surface area contributed by atoms with E-state index >= 15 is 0 Å². The predicted molar refractivity (Wildman–Crippen MR) is 158 cm³/mol. The van der Waals surface area contributed by atoms with Gasteiger partial charge in [-0.3, -0.25) is 0 Å². The monoisotopic (exact) mass is 573 g/mol. The molecule has 3 aromatic rings. The number of methoxy groups -OCH3 is 1. The average molecular weight is 574 g/mol. The van der Waals surface area contributed by atoms with Gasteiger partial charge >= 0.3 is 6.18 Å². The third-order valence-corrected chi connectivity index (χ3v) is 7.58. The van der Waals surface area contributed by atoms with Crippen molar-refractivity contribution in [3.8, 4) is 11.5 Å². The summed E-state index contributed by atoms with van der Waals surface area (Å²) in [5.41, 5.74) is 6.11. The Morgan fingerprint density at radius 3 is 2.41 bits per heavy atom. The predicted octanol–water partition coefficient (Wildman–Crippen LogP) is 7.54. The van der Waals surface area contributed by atoms with Crippen LogP contribution in [0.15, 0.2) is 30.3 Å². The summed E-state index contributed by atoms with van der Waals surface area (Å²) in [6.45, 7) is 7.81. The molecule has 0 radical (unpaired) electrons. The standard InChI is InChI=1S/C31H42F3N5O2/c1-21(23-16-24(31(32,33)34)18-25(35)17-23)36-30-26-19-29(28(40-3)20-27(26)37-22(2)38-30)41-15-11-6-4-5-8-12-39-13-9-7-10-14-39/h16-21H,4-15,35H2,1-3H3,(H,36,37,38). The molecule has 0 bridgehead atoms. The first-order valence-electron chi connectivity index (χ1n) is 14.6. The van der Waals surface area contributed by atoms with E-state index in [1.807, 2.05) is 6.07 Å². The summed E-state index contributed by atoms with van der Waals surface area (Å²) < 4.78 is 51.8. The summed E-state index contributed by atoms with van der Waals surface area (Å²) >= 11 is 0. The van der Waals surface area contributed by atoms with Crippen molar-refractivity contribution < 1.29 is 22.6 Å². The Kier molecular flexibility index (Phi) is 10.5.